The Labute approximate surface area is 189 Å². The summed E-state index contributed by atoms with van der Waals surface area (Å²) in [5.41, 5.74) is 2.37. The van der Waals surface area contributed by atoms with Crippen molar-refractivity contribution in [3.8, 4) is 17.0 Å². The molecule has 0 atom stereocenters. The number of benzene rings is 2. The lowest BCUT2D eigenvalue weighted by molar-refractivity contribution is -0.368. The first kappa shape index (κ1) is 25.8. The van der Waals surface area contributed by atoms with Gasteiger partial charge in [0.15, 0.2) is 0 Å². The number of rotatable bonds is 10. The number of ether oxygens (including phenoxy) is 1. The standard InChI is InChI=1S/C23H21F8NO2/c1-32-18(15-5-3-2-4-6-15)13-16-7-8-17(14-19(16)32)34-12-10-21(26,27)23(30,31)22(28,29)20(24,25)9-11-33/h2-8,13-14,33H,9-12H2,1H3. The van der Waals surface area contributed by atoms with Gasteiger partial charge in [-0.1, -0.05) is 30.3 Å². The minimum absolute atomic E-state index is 0.00444. The average Bonchev–Trinajstić information content (AvgIpc) is 3.10. The highest BCUT2D eigenvalue weighted by molar-refractivity contribution is 5.88. The monoisotopic (exact) mass is 495 g/mol. The van der Waals surface area contributed by atoms with Crippen molar-refractivity contribution in [3.05, 3.63) is 54.6 Å². The molecule has 186 valence electrons. The molecule has 0 radical (unpaired) electrons. The predicted molar refractivity (Wildman–Crippen MR) is 110 cm³/mol. The van der Waals surface area contributed by atoms with Gasteiger partial charge in [-0.15, -0.1) is 0 Å². The van der Waals surface area contributed by atoms with Gasteiger partial charge in [-0.2, -0.15) is 35.1 Å². The molecule has 0 aliphatic heterocycles. The van der Waals surface area contributed by atoms with Crippen molar-refractivity contribution in [2.24, 2.45) is 7.05 Å². The van der Waals surface area contributed by atoms with Crippen LogP contribution in [0.2, 0.25) is 0 Å². The largest absolute Gasteiger partial charge is 0.493 e. The molecule has 11 heteroatoms. The van der Waals surface area contributed by atoms with Crippen LogP contribution in [0.3, 0.4) is 0 Å². The SMILES string of the molecule is Cn1c(-c2ccccc2)cc2ccc(OCCC(F)(F)C(F)(F)C(F)(F)C(F)(F)CCO)cc21. The van der Waals surface area contributed by atoms with E-state index in [0.29, 0.717) is 5.52 Å². The van der Waals surface area contributed by atoms with Crippen LogP contribution in [0.25, 0.3) is 22.2 Å². The van der Waals surface area contributed by atoms with Crippen LogP contribution >= 0.6 is 0 Å². The van der Waals surface area contributed by atoms with E-state index in [0.717, 1.165) is 16.6 Å². The van der Waals surface area contributed by atoms with Crippen LogP contribution in [0.4, 0.5) is 35.1 Å². The highest BCUT2D eigenvalue weighted by atomic mass is 19.4. The second-order valence-corrected chi connectivity index (χ2v) is 7.80. The van der Waals surface area contributed by atoms with Crippen LogP contribution < -0.4 is 4.74 Å². The Bertz CT molecular complexity index is 1130. The first-order chi connectivity index (χ1) is 15.7. The Balaban J connectivity index is 1.75. The highest BCUT2D eigenvalue weighted by Gasteiger charge is 2.79. The highest BCUT2D eigenvalue weighted by Crippen LogP contribution is 2.54. The molecule has 0 aliphatic rings. The maximum Gasteiger partial charge on any atom is 0.378 e. The molecule has 34 heavy (non-hydrogen) atoms. The van der Waals surface area contributed by atoms with Crippen LogP contribution in [0.5, 0.6) is 5.75 Å². The summed E-state index contributed by atoms with van der Waals surface area (Å²) in [6.45, 7) is -2.72. The third-order valence-electron chi connectivity index (χ3n) is 5.51. The minimum atomic E-state index is -6.39. The number of alkyl halides is 8. The Morgan fingerprint density at radius 3 is 1.97 bits per heavy atom. The summed E-state index contributed by atoms with van der Waals surface area (Å²) in [7, 11) is 1.75. The average molecular weight is 495 g/mol. The second-order valence-electron chi connectivity index (χ2n) is 7.80. The quantitative estimate of drug-likeness (QED) is 0.324. The number of nitrogens with zero attached hydrogens (tertiary/aromatic N) is 1. The molecule has 0 unspecified atom stereocenters. The summed E-state index contributed by atoms with van der Waals surface area (Å²) in [5.74, 6) is -23.8. The van der Waals surface area contributed by atoms with Crippen molar-refractivity contribution in [1.29, 1.82) is 0 Å². The van der Waals surface area contributed by atoms with Gasteiger partial charge in [0.05, 0.1) is 18.5 Å². The van der Waals surface area contributed by atoms with E-state index in [-0.39, 0.29) is 5.75 Å². The van der Waals surface area contributed by atoms with E-state index in [1.807, 2.05) is 36.4 Å². The molecule has 0 amide bonds. The maximum atomic E-state index is 14.0. The Morgan fingerprint density at radius 2 is 1.38 bits per heavy atom. The van der Waals surface area contributed by atoms with E-state index in [2.05, 4.69) is 0 Å². The lowest BCUT2D eigenvalue weighted by atomic mass is 9.95. The molecular formula is C23H21F8NO2. The zero-order chi connectivity index (χ0) is 25.4. The number of halogens is 8. The van der Waals surface area contributed by atoms with Gasteiger partial charge in [-0.3, -0.25) is 0 Å². The van der Waals surface area contributed by atoms with Gasteiger partial charge < -0.3 is 14.4 Å². The molecule has 1 N–H and O–H groups in total. The van der Waals surface area contributed by atoms with Gasteiger partial charge in [0.1, 0.15) is 5.75 Å². The van der Waals surface area contributed by atoms with Crippen molar-refractivity contribution in [1.82, 2.24) is 4.57 Å². The van der Waals surface area contributed by atoms with Gasteiger partial charge >= 0.3 is 23.7 Å². The molecule has 3 aromatic rings. The van der Waals surface area contributed by atoms with E-state index in [1.165, 1.54) is 12.1 Å². The Kier molecular flexibility index (Phi) is 6.89. The first-order valence-corrected chi connectivity index (χ1v) is 10.1. The van der Waals surface area contributed by atoms with Gasteiger partial charge in [0.25, 0.3) is 0 Å². The van der Waals surface area contributed by atoms with Gasteiger partial charge in [0, 0.05) is 37.2 Å². The van der Waals surface area contributed by atoms with Crippen LogP contribution in [-0.2, 0) is 7.05 Å². The summed E-state index contributed by atoms with van der Waals surface area (Å²) in [4.78, 5) is 0. The molecule has 0 aliphatic carbocycles. The number of aromatic nitrogens is 1. The Morgan fingerprint density at radius 1 is 0.794 bits per heavy atom. The Hall–Kier alpha value is -2.82. The van der Waals surface area contributed by atoms with Gasteiger partial charge in [-0.25, -0.2) is 0 Å². The summed E-state index contributed by atoms with van der Waals surface area (Å²) in [5, 5.41) is 9.17. The number of aliphatic hydroxyl groups excluding tert-OH is 1. The van der Waals surface area contributed by atoms with Crippen molar-refractivity contribution in [2.45, 2.75) is 36.5 Å². The van der Waals surface area contributed by atoms with Crippen molar-refractivity contribution in [3.63, 3.8) is 0 Å². The normalized spacial score (nSPS) is 13.5. The molecule has 3 rings (SSSR count). The number of hydrogen-bond acceptors (Lipinski definition) is 2. The van der Waals surface area contributed by atoms with Crippen LogP contribution in [0.1, 0.15) is 12.8 Å². The number of fused-ring (bicyclic) bond motifs is 1. The predicted octanol–water partition coefficient (Wildman–Crippen LogP) is 6.54. The third kappa shape index (κ3) is 4.45. The van der Waals surface area contributed by atoms with Gasteiger partial charge in [-0.05, 0) is 23.8 Å². The smallest absolute Gasteiger partial charge is 0.378 e. The number of aliphatic hydroxyl groups is 1. The van der Waals surface area contributed by atoms with E-state index in [4.69, 9.17) is 9.84 Å². The van der Waals surface area contributed by atoms with Crippen LogP contribution in [-0.4, -0.2) is 46.6 Å². The fourth-order valence-electron chi connectivity index (χ4n) is 3.50. The van der Waals surface area contributed by atoms with Crippen molar-refractivity contribution >= 4 is 10.9 Å². The third-order valence-corrected chi connectivity index (χ3v) is 5.51. The van der Waals surface area contributed by atoms with E-state index in [1.54, 1.807) is 17.7 Å². The second kappa shape index (κ2) is 9.09. The van der Waals surface area contributed by atoms with Crippen LogP contribution in [0, 0.1) is 0 Å². The molecule has 3 nitrogen and oxygen atoms in total. The summed E-state index contributed by atoms with van der Waals surface area (Å²) in [6.07, 6.45) is -4.03. The molecule has 0 saturated heterocycles. The van der Waals surface area contributed by atoms with E-state index >= 15 is 0 Å². The zero-order valence-electron chi connectivity index (χ0n) is 17.9. The minimum Gasteiger partial charge on any atom is -0.493 e. The molecule has 0 spiro atoms. The first-order valence-electron chi connectivity index (χ1n) is 10.1. The summed E-state index contributed by atoms with van der Waals surface area (Å²) < 4.78 is 116. The fourth-order valence-corrected chi connectivity index (χ4v) is 3.50. The number of aryl methyl sites for hydroxylation is 1. The topological polar surface area (TPSA) is 34.4 Å². The maximum absolute atomic E-state index is 14.0. The van der Waals surface area contributed by atoms with Crippen molar-refractivity contribution < 1.29 is 45.0 Å². The van der Waals surface area contributed by atoms with E-state index < -0.39 is 49.7 Å². The molecule has 1 aromatic heterocycles. The molecular weight excluding hydrogens is 474 g/mol. The lowest BCUT2D eigenvalue weighted by Crippen LogP contribution is -2.62. The summed E-state index contributed by atoms with van der Waals surface area (Å²) in [6, 6.07) is 15.6. The molecule has 0 saturated carbocycles. The fraction of sp³-hybridized carbons (Fsp3) is 0.391. The van der Waals surface area contributed by atoms with E-state index in [9.17, 15) is 35.1 Å². The lowest BCUT2D eigenvalue weighted by Gasteiger charge is -2.36. The summed E-state index contributed by atoms with van der Waals surface area (Å²) >= 11 is 0. The molecule has 1 heterocycles. The molecule has 2 aromatic carbocycles. The molecule has 0 fully saturated rings. The van der Waals surface area contributed by atoms with Crippen LogP contribution in [0.15, 0.2) is 54.6 Å². The van der Waals surface area contributed by atoms with Crippen molar-refractivity contribution in [2.75, 3.05) is 13.2 Å². The zero-order valence-corrected chi connectivity index (χ0v) is 17.9. The van der Waals surface area contributed by atoms with Gasteiger partial charge in [0.2, 0.25) is 0 Å². The molecule has 0 bridgehead atoms. The number of hydrogen-bond donors (Lipinski definition) is 1.